The Kier molecular flexibility index (Phi) is 2.75. The van der Waals surface area contributed by atoms with Crippen molar-refractivity contribution in [1.29, 1.82) is 0 Å². The maximum atomic E-state index is 12.6. The zero-order valence-electron chi connectivity index (χ0n) is 8.57. The van der Waals surface area contributed by atoms with Crippen LogP contribution in [-0.2, 0) is 6.18 Å². The molecule has 0 bridgehead atoms. The molecular formula is C12H8F3NO. The van der Waals surface area contributed by atoms with Gasteiger partial charge in [0.1, 0.15) is 5.75 Å². The molecule has 2 rings (SSSR count). The molecule has 5 heteroatoms. The third-order valence-electron chi connectivity index (χ3n) is 2.30. The van der Waals surface area contributed by atoms with Crippen LogP contribution in [0, 0.1) is 0 Å². The number of hydrogen-bond donors (Lipinski definition) is 1. The summed E-state index contributed by atoms with van der Waals surface area (Å²) in [5.74, 6) is -0.773. The third-order valence-corrected chi connectivity index (χ3v) is 2.30. The Morgan fingerprint density at radius 3 is 2.41 bits per heavy atom. The fourth-order valence-electron chi connectivity index (χ4n) is 1.48. The van der Waals surface area contributed by atoms with Gasteiger partial charge in [0.05, 0.1) is 5.56 Å². The van der Waals surface area contributed by atoms with E-state index in [0.29, 0.717) is 11.1 Å². The Balaban J connectivity index is 2.53. The smallest absolute Gasteiger partial charge is 0.419 e. The largest absolute Gasteiger partial charge is 0.507 e. The Bertz CT molecular complexity index is 523. The third kappa shape index (κ3) is 2.38. The van der Waals surface area contributed by atoms with E-state index in [4.69, 9.17) is 0 Å². The van der Waals surface area contributed by atoms with Gasteiger partial charge in [0.25, 0.3) is 0 Å². The van der Waals surface area contributed by atoms with Crippen LogP contribution in [0.4, 0.5) is 13.2 Å². The van der Waals surface area contributed by atoms with Gasteiger partial charge in [-0.1, -0.05) is 12.1 Å². The van der Waals surface area contributed by atoms with E-state index < -0.39 is 17.5 Å². The number of halogens is 3. The van der Waals surface area contributed by atoms with Gasteiger partial charge in [-0.05, 0) is 23.8 Å². The number of benzene rings is 1. The number of aromatic nitrogens is 1. The van der Waals surface area contributed by atoms with E-state index >= 15 is 0 Å². The predicted octanol–water partition coefficient (Wildman–Crippen LogP) is 3.47. The minimum atomic E-state index is -4.57. The summed E-state index contributed by atoms with van der Waals surface area (Å²) in [5.41, 5.74) is -0.111. The Hall–Kier alpha value is -2.04. The Labute approximate surface area is 95.4 Å². The van der Waals surface area contributed by atoms with Crippen LogP contribution in [0.1, 0.15) is 5.56 Å². The molecule has 0 atom stereocenters. The van der Waals surface area contributed by atoms with Gasteiger partial charge in [0.15, 0.2) is 0 Å². The molecule has 17 heavy (non-hydrogen) atoms. The molecule has 1 aromatic heterocycles. The SMILES string of the molecule is Oc1ccc(-c2cccnc2)cc1C(F)(F)F. The van der Waals surface area contributed by atoms with Crippen LogP contribution in [-0.4, -0.2) is 10.1 Å². The van der Waals surface area contributed by atoms with Crippen LogP contribution < -0.4 is 0 Å². The van der Waals surface area contributed by atoms with Crippen molar-refractivity contribution >= 4 is 0 Å². The zero-order chi connectivity index (χ0) is 12.5. The monoisotopic (exact) mass is 239 g/mol. The summed E-state index contributed by atoms with van der Waals surface area (Å²) >= 11 is 0. The highest BCUT2D eigenvalue weighted by Crippen LogP contribution is 2.37. The van der Waals surface area contributed by atoms with Gasteiger partial charge in [-0.25, -0.2) is 0 Å². The highest BCUT2D eigenvalue weighted by Gasteiger charge is 2.34. The summed E-state index contributed by atoms with van der Waals surface area (Å²) in [7, 11) is 0. The number of rotatable bonds is 1. The van der Waals surface area contributed by atoms with Crippen LogP contribution in [0.25, 0.3) is 11.1 Å². The lowest BCUT2D eigenvalue weighted by Crippen LogP contribution is -2.05. The maximum absolute atomic E-state index is 12.6. The van der Waals surface area contributed by atoms with Crippen molar-refractivity contribution in [1.82, 2.24) is 4.98 Å². The highest BCUT2D eigenvalue weighted by atomic mass is 19.4. The summed E-state index contributed by atoms with van der Waals surface area (Å²) in [6, 6.07) is 6.65. The number of alkyl halides is 3. The first-order valence-corrected chi connectivity index (χ1v) is 4.79. The number of hydrogen-bond acceptors (Lipinski definition) is 2. The molecule has 2 aromatic rings. The predicted molar refractivity (Wildman–Crippen MR) is 56.3 cm³/mol. The van der Waals surface area contributed by atoms with Crippen molar-refractivity contribution in [2.45, 2.75) is 6.18 Å². The average molecular weight is 239 g/mol. The van der Waals surface area contributed by atoms with Gasteiger partial charge < -0.3 is 5.11 Å². The standard InChI is InChI=1S/C12H8F3NO/c13-12(14,15)10-6-8(3-4-11(10)17)9-2-1-5-16-7-9/h1-7,17H. The molecule has 0 saturated heterocycles. The molecule has 0 unspecified atom stereocenters. The molecular weight excluding hydrogens is 231 g/mol. The van der Waals surface area contributed by atoms with Gasteiger partial charge in [-0.2, -0.15) is 13.2 Å². The molecule has 0 amide bonds. The van der Waals surface area contributed by atoms with Crippen LogP contribution in [0.2, 0.25) is 0 Å². The molecule has 1 aromatic carbocycles. The minimum absolute atomic E-state index is 0.364. The molecule has 1 N–H and O–H groups in total. The number of phenols is 1. The normalized spacial score (nSPS) is 11.5. The Morgan fingerprint density at radius 1 is 1.06 bits per heavy atom. The first kappa shape index (κ1) is 11.4. The second kappa shape index (κ2) is 4.08. The molecule has 0 radical (unpaired) electrons. The molecule has 0 spiro atoms. The van der Waals surface area contributed by atoms with E-state index in [2.05, 4.69) is 4.98 Å². The number of phenolic OH excluding ortho intramolecular Hbond substituents is 1. The van der Waals surface area contributed by atoms with E-state index in [-0.39, 0.29) is 0 Å². The lowest BCUT2D eigenvalue weighted by Gasteiger charge is -2.10. The summed E-state index contributed by atoms with van der Waals surface area (Å²) < 4.78 is 37.7. The van der Waals surface area contributed by atoms with Gasteiger partial charge in [0, 0.05) is 18.0 Å². The zero-order valence-corrected chi connectivity index (χ0v) is 8.57. The van der Waals surface area contributed by atoms with Crippen molar-refractivity contribution in [3.63, 3.8) is 0 Å². The topological polar surface area (TPSA) is 33.1 Å². The lowest BCUT2D eigenvalue weighted by molar-refractivity contribution is -0.138. The lowest BCUT2D eigenvalue weighted by atomic mass is 10.0. The fourth-order valence-corrected chi connectivity index (χ4v) is 1.48. The molecule has 0 aliphatic rings. The first-order valence-electron chi connectivity index (χ1n) is 4.79. The summed E-state index contributed by atoms with van der Waals surface area (Å²) in [6.45, 7) is 0. The molecule has 0 fully saturated rings. The van der Waals surface area contributed by atoms with Crippen LogP contribution in [0.15, 0.2) is 42.7 Å². The van der Waals surface area contributed by atoms with Crippen molar-refractivity contribution in [2.75, 3.05) is 0 Å². The van der Waals surface area contributed by atoms with E-state index in [9.17, 15) is 18.3 Å². The minimum Gasteiger partial charge on any atom is -0.507 e. The van der Waals surface area contributed by atoms with Gasteiger partial charge in [-0.15, -0.1) is 0 Å². The molecule has 0 aliphatic heterocycles. The number of nitrogens with zero attached hydrogens (tertiary/aromatic N) is 1. The molecule has 0 aliphatic carbocycles. The number of aromatic hydroxyl groups is 1. The van der Waals surface area contributed by atoms with Crippen LogP contribution >= 0.6 is 0 Å². The Morgan fingerprint density at radius 2 is 1.82 bits per heavy atom. The molecule has 1 heterocycles. The van der Waals surface area contributed by atoms with Crippen LogP contribution in [0.5, 0.6) is 5.75 Å². The summed E-state index contributed by atoms with van der Waals surface area (Å²) in [5, 5.41) is 9.18. The number of pyridine rings is 1. The van der Waals surface area contributed by atoms with Crippen molar-refractivity contribution in [3.05, 3.63) is 48.3 Å². The van der Waals surface area contributed by atoms with Gasteiger partial charge in [0.2, 0.25) is 0 Å². The fraction of sp³-hybridized carbons (Fsp3) is 0.0833. The highest BCUT2D eigenvalue weighted by molar-refractivity contribution is 5.64. The van der Waals surface area contributed by atoms with Crippen LogP contribution in [0.3, 0.4) is 0 Å². The summed E-state index contributed by atoms with van der Waals surface area (Å²) in [4.78, 5) is 3.83. The van der Waals surface area contributed by atoms with Gasteiger partial charge >= 0.3 is 6.18 Å². The van der Waals surface area contributed by atoms with E-state index in [1.54, 1.807) is 12.1 Å². The van der Waals surface area contributed by atoms with Gasteiger partial charge in [-0.3, -0.25) is 4.98 Å². The second-order valence-electron chi connectivity index (χ2n) is 3.47. The quantitative estimate of drug-likeness (QED) is 0.826. The molecule has 88 valence electrons. The van der Waals surface area contributed by atoms with E-state index in [1.165, 1.54) is 18.5 Å². The second-order valence-corrected chi connectivity index (χ2v) is 3.47. The van der Waals surface area contributed by atoms with Crippen molar-refractivity contribution < 1.29 is 18.3 Å². The maximum Gasteiger partial charge on any atom is 0.419 e. The van der Waals surface area contributed by atoms with E-state index in [0.717, 1.165) is 12.1 Å². The molecule has 2 nitrogen and oxygen atoms in total. The molecule has 0 saturated carbocycles. The average Bonchev–Trinajstić information content (AvgIpc) is 2.29. The van der Waals surface area contributed by atoms with E-state index in [1.807, 2.05) is 0 Å². The summed E-state index contributed by atoms with van der Waals surface area (Å²) in [6.07, 6.45) is -1.57. The van der Waals surface area contributed by atoms with Crippen molar-refractivity contribution in [3.8, 4) is 16.9 Å². The first-order chi connectivity index (χ1) is 7.98. The van der Waals surface area contributed by atoms with Crippen molar-refractivity contribution in [2.24, 2.45) is 0 Å².